The lowest BCUT2D eigenvalue weighted by molar-refractivity contribution is -0.140. The number of halogens is 2. The molecule has 3 rings (SSSR count). The highest BCUT2D eigenvalue weighted by atomic mass is 127. The minimum Gasteiger partial charge on any atom is -0.480 e. The smallest absolute Gasteiger partial charge is 0.263 e. The van der Waals surface area contributed by atoms with Gasteiger partial charge in [-0.3, -0.25) is 9.69 Å². The van der Waals surface area contributed by atoms with Crippen LogP contribution in [0, 0.1) is 7.14 Å². The molecule has 6 heteroatoms. The van der Waals surface area contributed by atoms with E-state index < -0.39 is 6.10 Å². The number of ether oxygens (including phenoxy) is 1. The molecule has 1 fully saturated rings. The van der Waals surface area contributed by atoms with Crippen molar-refractivity contribution in [2.45, 2.75) is 26.0 Å². The third-order valence-corrected chi connectivity index (χ3v) is 6.26. The highest BCUT2D eigenvalue weighted by Gasteiger charge is 2.28. The molecule has 2 aromatic rings. The van der Waals surface area contributed by atoms with Crippen molar-refractivity contribution in [3.05, 3.63) is 61.2 Å². The first-order chi connectivity index (χ1) is 13.1. The van der Waals surface area contributed by atoms with Crippen molar-refractivity contribution in [1.29, 1.82) is 0 Å². The van der Waals surface area contributed by atoms with E-state index in [1.54, 1.807) is 0 Å². The molecule has 0 spiro atoms. The average molecular weight is 590 g/mol. The van der Waals surface area contributed by atoms with Crippen LogP contribution in [0.25, 0.3) is 0 Å². The Morgan fingerprint density at radius 1 is 1.07 bits per heavy atom. The number of benzene rings is 2. The van der Waals surface area contributed by atoms with Gasteiger partial charge in [-0.25, -0.2) is 0 Å². The molecule has 0 N–H and O–H groups in total. The summed E-state index contributed by atoms with van der Waals surface area (Å²) < 4.78 is 8.28. The lowest BCUT2D eigenvalue weighted by atomic mass is 10.1. The monoisotopic (exact) mass is 590 g/mol. The van der Waals surface area contributed by atoms with E-state index in [-0.39, 0.29) is 5.91 Å². The lowest BCUT2D eigenvalue weighted by Crippen LogP contribution is -2.52. The fraction of sp³-hybridized carbons (Fsp3) is 0.381. The highest BCUT2D eigenvalue weighted by molar-refractivity contribution is 14.1. The normalized spacial score (nSPS) is 16.2. The molecule has 0 aliphatic carbocycles. The second-order valence-corrected chi connectivity index (χ2v) is 9.08. The Bertz CT molecular complexity index is 762. The minimum absolute atomic E-state index is 0.103. The van der Waals surface area contributed by atoms with Crippen LogP contribution in [0.4, 0.5) is 0 Å². The third kappa shape index (κ3) is 5.80. The molecular weight excluding hydrogens is 566 g/mol. The molecule has 4 nitrogen and oxygen atoms in total. The van der Waals surface area contributed by atoms with E-state index in [1.165, 1.54) is 9.13 Å². The first-order valence-electron chi connectivity index (χ1n) is 9.23. The Labute approximate surface area is 188 Å². The van der Waals surface area contributed by atoms with Crippen LogP contribution in [0.15, 0.2) is 48.5 Å². The van der Waals surface area contributed by atoms with Crippen molar-refractivity contribution in [3.8, 4) is 5.75 Å². The van der Waals surface area contributed by atoms with Crippen LogP contribution in [0.5, 0.6) is 5.75 Å². The van der Waals surface area contributed by atoms with Crippen molar-refractivity contribution in [2.75, 3.05) is 26.2 Å². The summed E-state index contributed by atoms with van der Waals surface area (Å²) in [4.78, 5) is 17.3. The van der Waals surface area contributed by atoms with E-state index >= 15 is 0 Å². The van der Waals surface area contributed by atoms with Crippen LogP contribution >= 0.6 is 45.2 Å². The second-order valence-electron chi connectivity index (χ2n) is 6.68. The topological polar surface area (TPSA) is 32.8 Å². The van der Waals surface area contributed by atoms with Gasteiger partial charge in [-0.15, -0.1) is 0 Å². The summed E-state index contributed by atoms with van der Waals surface area (Å²) in [7, 11) is 0. The molecular formula is C21H24I2N2O2. The Hall–Kier alpha value is -0.870. The van der Waals surface area contributed by atoms with Gasteiger partial charge in [0, 0.05) is 36.3 Å². The Morgan fingerprint density at radius 2 is 1.78 bits per heavy atom. The zero-order valence-corrected chi connectivity index (χ0v) is 19.7. The number of nitrogens with zero attached hydrogens (tertiary/aromatic N) is 2. The van der Waals surface area contributed by atoms with E-state index in [2.05, 4.69) is 80.4 Å². The lowest BCUT2D eigenvalue weighted by Gasteiger charge is -2.36. The van der Waals surface area contributed by atoms with Gasteiger partial charge >= 0.3 is 0 Å². The van der Waals surface area contributed by atoms with Gasteiger partial charge in [0.1, 0.15) is 5.75 Å². The van der Waals surface area contributed by atoms with Crippen molar-refractivity contribution >= 4 is 51.1 Å². The zero-order valence-electron chi connectivity index (χ0n) is 15.4. The molecule has 0 aromatic heterocycles. The van der Waals surface area contributed by atoms with Crippen LogP contribution in [0.1, 0.15) is 18.9 Å². The molecule has 0 saturated carbocycles. The fourth-order valence-electron chi connectivity index (χ4n) is 3.20. The molecule has 1 atom stereocenters. The number of piperazine rings is 1. The van der Waals surface area contributed by atoms with Gasteiger partial charge in [0.25, 0.3) is 5.91 Å². The molecule has 0 radical (unpaired) electrons. The van der Waals surface area contributed by atoms with E-state index in [0.717, 1.165) is 42.0 Å². The molecule has 2 aromatic carbocycles. The third-order valence-electron chi connectivity index (χ3n) is 4.74. The Morgan fingerprint density at radius 3 is 2.41 bits per heavy atom. The first kappa shape index (κ1) is 20.9. The number of carbonyl (C=O) groups is 1. The van der Waals surface area contributed by atoms with Crippen molar-refractivity contribution < 1.29 is 9.53 Å². The van der Waals surface area contributed by atoms with Gasteiger partial charge < -0.3 is 9.64 Å². The van der Waals surface area contributed by atoms with E-state index in [4.69, 9.17) is 4.74 Å². The maximum absolute atomic E-state index is 13.0. The van der Waals surface area contributed by atoms with Crippen molar-refractivity contribution in [1.82, 2.24) is 9.80 Å². The van der Waals surface area contributed by atoms with Crippen molar-refractivity contribution in [2.24, 2.45) is 0 Å². The van der Waals surface area contributed by atoms with Crippen LogP contribution in [0.3, 0.4) is 0 Å². The predicted octanol–water partition coefficient (Wildman–Crippen LogP) is 4.40. The van der Waals surface area contributed by atoms with Crippen LogP contribution < -0.4 is 4.74 Å². The average Bonchev–Trinajstić information content (AvgIpc) is 2.68. The van der Waals surface area contributed by atoms with Crippen LogP contribution in [-0.4, -0.2) is 48.0 Å². The Balaban J connectivity index is 1.55. The largest absolute Gasteiger partial charge is 0.480 e. The molecule has 0 bridgehead atoms. The molecule has 1 heterocycles. The first-order valence-corrected chi connectivity index (χ1v) is 11.4. The van der Waals surface area contributed by atoms with Crippen LogP contribution in [0.2, 0.25) is 0 Å². The fourth-order valence-corrected chi connectivity index (χ4v) is 4.93. The summed E-state index contributed by atoms with van der Waals surface area (Å²) in [6.07, 6.45) is 0.254. The zero-order chi connectivity index (χ0) is 19.2. The van der Waals surface area contributed by atoms with E-state index in [0.29, 0.717) is 6.42 Å². The number of amides is 1. The molecule has 1 amide bonds. The summed E-state index contributed by atoms with van der Waals surface area (Å²) in [5, 5.41) is 0. The SMILES string of the molecule is CCC(Oc1ccc(I)cc1I)C(=O)N1CCN(Cc2ccccc2)CC1. The Kier molecular flexibility index (Phi) is 7.77. The van der Waals surface area contributed by atoms with Crippen molar-refractivity contribution in [3.63, 3.8) is 0 Å². The molecule has 1 unspecified atom stereocenters. The van der Waals surface area contributed by atoms with Gasteiger partial charge in [0.05, 0.1) is 3.57 Å². The second kappa shape index (κ2) is 10.1. The maximum atomic E-state index is 13.0. The molecule has 1 saturated heterocycles. The number of rotatable bonds is 6. The summed E-state index contributed by atoms with van der Waals surface area (Å²) in [5.74, 6) is 0.894. The van der Waals surface area contributed by atoms with Crippen LogP contribution in [-0.2, 0) is 11.3 Å². The highest BCUT2D eigenvalue weighted by Crippen LogP contribution is 2.25. The van der Waals surface area contributed by atoms with Gasteiger partial charge in [-0.2, -0.15) is 0 Å². The summed E-state index contributed by atoms with van der Waals surface area (Å²) in [6, 6.07) is 16.5. The number of hydrogen-bond donors (Lipinski definition) is 0. The standard InChI is InChI=1S/C21H24I2N2O2/c1-2-19(27-20-9-8-17(22)14-18(20)23)21(26)25-12-10-24(11-13-25)15-16-6-4-3-5-7-16/h3-9,14,19H,2,10-13,15H2,1H3. The van der Waals surface area contributed by atoms with Gasteiger partial charge in [0.2, 0.25) is 0 Å². The van der Waals surface area contributed by atoms with E-state index in [1.807, 2.05) is 30.0 Å². The van der Waals surface area contributed by atoms with Gasteiger partial charge in [-0.05, 0) is 75.4 Å². The number of hydrogen-bond acceptors (Lipinski definition) is 3. The number of carbonyl (C=O) groups excluding carboxylic acids is 1. The molecule has 144 valence electrons. The molecule has 1 aliphatic heterocycles. The van der Waals surface area contributed by atoms with E-state index in [9.17, 15) is 4.79 Å². The summed E-state index contributed by atoms with van der Waals surface area (Å²) >= 11 is 4.55. The quantitative estimate of drug-likeness (QED) is 0.469. The minimum atomic E-state index is -0.417. The molecule has 1 aliphatic rings. The maximum Gasteiger partial charge on any atom is 0.263 e. The predicted molar refractivity (Wildman–Crippen MR) is 125 cm³/mol. The summed E-state index contributed by atoms with van der Waals surface area (Å²) in [6.45, 7) is 6.27. The summed E-state index contributed by atoms with van der Waals surface area (Å²) in [5.41, 5.74) is 1.32. The molecule has 27 heavy (non-hydrogen) atoms. The van der Waals surface area contributed by atoms with Gasteiger partial charge in [0.15, 0.2) is 6.10 Å². The van der Waals surface area contributed by atoms with Gasteiger partial charge in [-0.1, -0.05) is 37.3 Å².